The van der Waals surface area contributed by atoms with Gasteiger partial charge in [-0.25, -0.2) is 4.98 Å². The summed E-state index contributed by atoms with van der Waals surface area (Å²) in [5, 5.41) is 0. The number of nitrogens with zero attached hydrogens (tertiary/aromatic N) is 3. The topological polar surface area (TPSA) is 21.1 Å². The van der Waals surface area contributed by atoms with Crippen LogP contribution in [0.5, 0.6) is 0 Å². The van der Waals surface area contributed by atoms with Gasteiger partial charge in [0.25, 0.3) is 0 Å². The lowest BCUT2D eigenvalue weighted by Crippen LogP contribution is -2.09. The molecule has 0 unspecified atom stereocenters. The molecule has 0 saturated heterocycles. The van der Waals surface area contributed by atoms with Crippen LogP contribution in [-0.2, 0) is 0 Å². The lowest BCUT2D eigenvalue weighted by Gasteiger charge is -2.25. The van der Waals surface area contributed by atoms with Gasteiger partial charge in [0.15, 0.2) is 0 Å². The zero-order valence-electron chi connectivity index (χ0n) is 21.9. The molecule has 0 aliphatic carbocycles. The first-order valence-corrected chi connectivity index (χ1v) is 13.5. The first-order valence-electron chi connectivity index (χ1n) is 13.5. The van der Waals surface area contributed by atoms with E-state index >= 15 is 0 Å². The smallest absolute Gasteiger partial charge is 0.145 e. The highest BCUT2D eigenvalue weighted by Gasteiger charge is 2.18. The molecule has 1 aromatic heterocycles. The maximum absolute atomic E-state index is 5.13. The normalized spacial score (nSPS) is 11.0. The van der Waals surface area contributed by atoms with E-state index in [1.165, 1.54) is 11.1 Å². The van der Waals surface area contributed by atoms with Crippen LogP contribution in [0.15, 0.2) is 164 Å². The van der Waals surface area contributed by atoms with E-state index in [4.69, 9.17) is 4.98 Å². The SMILES string of the molecule is c1ccc(-c2ccccc2-n2c(-c3ccc(N(c4ccccc4)c4ccccc4)cc3)nc3ccccc32)cc1. The number of aromatic nitrogens is 2. The van der Waals surface area contributed by atoms with Crippen molar-refractivity contribution in [3.05, 3.63) is 164 Å². The molecule has 3 nitrogen and oxygen atoms in total. The number of para-hydroxylation sites is 5. The highest BCUT2D eigenvalue weighted by Crippen LogP contribution is 2.37. The molecule has 190 valence electrons. The Morgan fingerprint density at radius 1 is 0.425 bits per heavy atom. The second-order valence-corrected chi connectivity index (χ2v) is 9.70. The molecule has 0 fully saturated rings. The minimum absolute atomic E-state index is 0.919. The molecule has 0 bridgehead atoms. The monoisotopic (exact) mass is 513 g/mol. The number of anilines is 3. The van der Waals surface area contributed by atoms with Crippen LogP contribution >= 0.6 is 0 Å². The first kappa shape index (κ1) is 23.7. The average Bonchev–Trinajstić information content (AvgIpc) is 3.43. The van der Waals surface area contributed by atoms with E-state index in [-0.39, 0.29) is 0 Å². The van der Waals surface area contributed by atoms with Gasteiger partial charge in [0.05, 0.1) is 16.7 Å². The number of hydrogen-bond donors (Lipinski definition) is 0. The average molecular weight is 514 g/mol. The molecule has 1 heterocycles. The molecule has 0 atom stereocenters. The number of rotatable bonds is 6. The van der Waals surface area contributed by atoms with Crippen LogP contribution in [0.25, 0.3) is 39.2 Å². The highest BCUT2D eigenvalue weighted by molar-refractivity contribution is 5.87. The predicted molar refractivity (Wildman–Crippen MR) is 167 cm³/mol. The molecule has 40 heavy (non-hydrogen) atoms. The summed E-state index contributed by atoms with van der Waals surface area (Å²) in [4.78, 5) is 7.41. The largest absolute Gasteiger partial charge is 0.311 e. The summed E-state index contributed by atoms with van der Waals surface area (Å²) in [6, 6.07) is 57.2. The van der Waals surface area contributed by atoms with Gasteiger partial charge in [-0.05, 0) is 72.3 Å². The van der Waals surface area contributed by atoms with Crippen molar-refractivity contribution in [3.63, 3.8) is 0 Å². The molecule has 0 saturated carbocycles. The van der Waals surface area contributed by atoms with Gasteiger partial charge >= 0.3 is 0 Å². The second-order valence-electron chi connectivity index (χ2n) is 9.70. The summed E-state index contributed by atoms with van der Waals surface area (Å²) in [7, 11) is 0. The third-order valence-electron chi connectivity index (χ3n) is 7.20. The quantitative estimate of drug-likeness (QED) is 0.221. The van der Waals surface area contributed by atoms with Crippen LogP contribution in [0.1, 0.15) is 0 Å². The second kappa shape index (κ2) is 10.4. The van der Waals surface area contributed by atoms with Gasteiger partial charge in [-0.2, -0.15) is 0 Å². The fourth-order valence-electron chi connectivity index (χ4n) is 5.35. The Morgan fingerprint density at radius 2 is 0.950 bits per heavy atom. The van der Waals surface area contributed by atoms with E-state index in [1.54, 1.807) is 0 Å². The van der Waals surface area contributed by atoms with Gasteiger partial charge in [0, 0.05) is 28.2 Å². The van der Waals surface area contributed by atoms with E-state index in [2.05, 4.69) is 155 Å². The molecule has 0 spiro atoms. The number of benzene rings is 6. The first-order chi connectivity index (χ1) is 19.9. The van der Waals surface area contributed by atoms with Gasteiger partial charge in [-0.3, -0.25) is 4.57 Å². The molecule has 0 N–H and O–H groups in total. The predicted octanol–water partition coefficient (Wildman–Crippen LogP) is 9.83. The molecule has 7 rings (SSSR count). The summed E-state index contributed by atoms with van der Waals surface area (Å²) >= 11 is 0. The van der Waals surface area contributed by atoms with Gasteiger partial charge in [0.1, 0.15) is 5.82 Å². The Bertz CT molecular complexity index is 1830. The van der Waals surface area contributed by atoms with E-state index in [1.807, 2.05) is 18.2 Å². The Morgan fingerprint density at radius 3 is 1.62 bits per heavy atom. The third kappa shape index (κ3) is 4.34. The Kier molecular flexibility index (Phi) is 6.15. The maximum atomic E-state index is 5.13. The molecule has 6 aromatic carbocycles. The van der Waals surface area contributed by atoms with Crippen LogP contribution in [0.4, 0.5) is 17.1 Å². The van der Waals surface area contributed by atoms with E-state index < -0.39 is 0 Å². The summed E-state index contributed by atoms with van der Waals surface area (Å²) in [5.41, 5.74) is 9.90. The number of hydrogen-bond acceptors (Lipinski definition) is 2. The molecule has 0 radical (unpaired) electrons. The number of fused-ring (bicyclic) bond motifs is 1. The highest BCUT2D eigenvalue weighted by atomic mass is 15.1. The van der Waals surface area contributed by atoms with Crippen molar-refractivity contribution in [2.45, 2.75) is 0 Å². The van der Waals surface area contributed by atoms with Crippen LogP contribution in [-0.4, -0.2) is 9.55 Å². The summed E-state index contributed by atoms with van der Waals surface area (Å²) < 4.78 is 2.29. The van der Waals surface area contributed by atoms with E-state index in [0.717, 1.165) is 45.2 Å². The summed E-state index contributed by atoms with van der Waals surface area (Å²) in [6.07, 6.45) is 0. The lowest BCUT2D eigenvalue weighted by molar-refractivity contribution is 1.10. The van der Waals surface area contributed by atoms with Crippen molar-refractivity contribution in [3.8, 4) is 28.2 Å². The number of imidazole rings is 1. The third-order valence-corrected chi connectivity index (χ3v) is 7.20. The zero-order valence-corrected chi connectivity index (χ0v) is 21.9. The van der Waals surface area contributed by atoms with Gasteiger partial charge in [-0.15, -0.1) is 0 Å². The minimum atomic E-state index is 0.919. The Hall–Kier alpha value is -5.41. The molecular formula is C37H27N3. The fraction of sp³-hybridized carbons (Fsp3) is 0. The summed E-state index contributed by atoms with van der Waals surface area (Å²) in [5.74, 6) is 0.919. The van der Waals surface area contributed by atoms with Crippen LogP contribution in [0.3, 0.4) is 0 Å². The molecule has 7 aromatic rings. The van der Waals surface area contributed by atoms with Crippen molar-refractivity contribution in [2.75, 3.05) is 4.90 Å². The van der Waals surface area contributed by atoms with Crippen molar-refractivity contribution < 1.29 is 0 Å². The fourth-order valence-corrected chi connectivity index (χ4v) is 5.35. The van der Waals surface area contributed by atoms with Crippen LogP contribution in [0, 0.1) is 0 Å². The Labute approximate surface area is 234 Å². The summed E-state index contributed by atoms with van der Waals surface area (Å²) in [6.45, 7) is 0. The van der Waals surface area contributed by atoms with Gasteiger partial charge in [0.2, 0.25) is 0 Å². The molecule has 3 heteroatoms. The standard InChI is InChI=1S/C37H27N3/c1-4-14-28(15-5-1)33-20-10-12-22-35(33)40-36-23-13-11-21-34(36)38-37(40)29-24-26-32(27-25-29)39(30-16-6-2-7-17-30)31-18-8-3-9-19-31/h1-27H. The molecular weight excluding hydrogens is 486 g/mol. The molecule has 0 amide bonds. The Balaban J connectivity index is 1.38. The van der Waals surface area contributed by atoms with Crippen molar-refractivity contribution in [1.29, 1.82) is 0 Å². The van der Waals surface area contributed by atoms with Gasteiger partial charge < -0.3 is 4.90 Å². The van der Waals surface area contributed by atoms with Crippen molar-refractivity contribution >= 4 is 28.1 Å². The van der Waals surface area contributed by atoms with Crippen molar-refractivity contribution in [1.82, 2.24) is 9.55 Å². The van der Waals surface area contributed by atoms with E-state index in [9.17, 15) is 0 Å². The lowest BCUT2D eigenvalue weighted by atomic mass is 10.0. The molecule has 0 aliphatic heterocycles. The van der Waals surface area contributed by atoms with E-state index in [0.29, 0.717) is 0 Å². The maximum Gasteiger partial charge on any atom is 0.145 e. The van der Waals surface area contributed by atoms with Gasteiger partial charge in [-0.1, -0.05) is 97.1 Å². The van der Waals surface area contributed by atoms with Crippen LogP contribution in [0.2, 0.25) is 0 Å². The zero-order chi connectivity index (χ0) is 26.7. The molecule has 0 aliphatic rings. The van der Waals surface area contributed by atoms with Crippen molar-refractivity contribution in [2.24, 2.45) is 0 Å². The van der Waals surface area contributed by atoms with Crippen LogP contribution < -0.4 is 4.90 Å². The minimum Gasteiger partial charge on any atom is -0.311 e.